The highest BCUT2D eigenvalue weighted by Crippen LogP contribution is 2.40. The first-order valence-electron chi connectivity index (χ1n) is 5.29. The van der Waals surface area contributed by atoms with Crippen LogP contribution in [0.25, 0.3) is 0 Å². The molecule has 4 nitrogen and oxygen atoms in total. The first kappa shape index (κ1) is 12.8. The van der Waals surface area contributed by atoms with Crippen molar-refractivity contribution < 1.29 is 19.0 Å². The van der Waals surface area contributed by atoms with E-state index >= 15 is 0 Å². The Labute approximate surface area is 110 Å². The van der Waals surface area contributed by atoms with Gasteiger partial charge in [-0.2, -0.15) is 0 Å². The van der Waals surface area contributed by atoms with E-state index < -0.39 is 6.10 Å². The molecule has 0 bridgehead atoms. The normalized spacial score (nSPS) is 12.2. The number of hydrogen-bond acceptors (Lipinski definition) is 4. The first-order valence-corrected chi connectivity index (χ1v) is 5.67. The van der Waals surface area contributed by atoms with Crippen molar-refractivity contribution in [1.82, 2.24) is 0 Å². The molecular formula is C13H13ClO4. The third-order valence-corrected chi connectivity index (χ3v) is 3.06. The van der Waals surface area contributed by atoms with Gasteiger partial charge in [-0.15, -0.1) is 0 Å². The summed E-state index contributed by atoms with van der Waals surface area (Å²) in [5.74, 6) is 0.921. The lowest BCUT2D eigenvalue weighted by molar-refractivity contribution is 0.218. The molecule has 2 aromatic rings. The van der Waals surface area contributed by atoms with Crippen molar-refractivity contribution in [2.75, 3.05) is 14.2 Å². The summed E-state index contributed by atoms with van der Waals surface area (Å²) in [5, 5.41) is 10.5. The minimum absolute atomic E-state index is 0.325. The van der Waals surface area contributed by atoms with E-state index in [2.05, 4.69) is 0 Å². The van der Waals surface area contributed by atoms with Gasteiger partial charge >= 0.3 is 0 Å². The van der Waals surface area contributed by atoms with Crippen molar-refractivity contribution in [1.29, 1.82) is 0 Å². The average molecular weight is 269 g/mol. The summed E-state index contributed by atoms with van der Waals surface area (Å²) >= 11 is 6.21. The fraction of sp³-hybridized carbons (Fsp3) is 0.231. The highest BCUT2D eigenvalue weighted by molar-refractivity contribution is 6.33. The molecule has 0 amide bonds. The molecule has 2 rings (SSSR count). The van der Waals surface area contributed by atoms with Gasteiger partial charge in [0.2, 0.25) is 0 Å². The van der Waals surface area contributed by atoms with Gasteiger partial charge in [-0.1, -0.05) is 17.7 Å². The van der Waals surface area contributed by atoms with Crippen molar-refractivity contribution in [3.63, 3.8) is 0 Å². The Morgan fingerprint density at radius 3 is 2.56 bits per heavy atom. The van der Waals surface area contributed by atoms with Crippen LogP contribution in [-0.2, 0) is 0 Å². The Morgan fingerprint density at radius 2 is 2.00 bits per heavy atom. The van der Waals surface area contributed by atoms with E-state index in [1.165, 1.54) is 26.7 Å². The Bertz CT molecular complexity index is 522. The van der Waals surface area contributed by atoms with Crippen molar-refractivity contribution in [2.45, 2.75) is 6.10 Å². The maximum absolute atomic E-state index is 10.2. The molecule has 5 heteroatoms. The number of hydrogen-bond donors (Lipinski definition) is 1. The number of ether oxygens (including phenoxy) is 2. The summed E-state index contributed by atoms with van der Waals surface area (Å²) < 4.78 is 15.3. The summed E-state index contributed by atoms with van der Waals surface area (Å²) in [7, 11) is 3.03. The molecule has 0 radical (unpaired) electrons. The lowest BCUT2D eigenvalue weighted by Gasteiger charge is -2.15. The molecule has 1 aromatic heterocycles. The van der Waals surface area contributed by atoms with Crippen LogP contribution in [0.15, 0.2) is 35.1 Å². The molecule has 18 heavy (non-hydrogen) atoms. The molecule has 0 aliphatic heterocycles. The molecule has 0 fully saturated rings. The molecular weight excluding hydrogens is 256 g/mol. The quantitative estimate of drug-likeness (QED) is 0.926. The van der Waals surface area contributed by atoms with Crippen molar-refractivity contribution in [3.8, 4) is 11.5 Å². The first-order chi connectivity index (χ1) is 8.69. The van der Waals surface area contributed by atoms with Gasteiger partial charge in [0, 0.05) is 11.1 Å². The number of furan rings is 1. The summed E-state index contributed by atoms with van der Waals surface area (Å²) in [5.41, 5.74) is 1.17. The number of benzene rings is 1. The van der Waals surface area contributed by atoms with Crippen LogP contribution in [0.5, 0.6) is 11.5 Å². The van der Waals surface area contributed by atoms with Crippen LogP contribution in [-0.4, -0.2) is 19.3 Å². The van der Waals surface area contributed by atoms with Gasteiger partial charge in [0.25, 0.3) is 0 Å². The largest absolute Gasteiger partial charge is 0.493 e. The zero-order valence-corrected chi connectivity index (χ0v) is 10.8. The Morgan fingerprint density at radius 1 is 1.22 bits per heavy atom. The third kappa shape index (κ3) is 2.17. The second-order valence-electron chi connectivity index (χ2n) is 3.66. The lowest BCUT2D eigenvalue weighted by atomic mass is 10.0. The van der Waals surface area contributed by atoms with Crippen molar-refractivity contribution in [2.24, 2.45) is 0 Å². The molecule has 0 saturated carbocycles. The monoisotopic (exact) mass is 268 g/mol. The molecule has 0 aliphatic carbocycles. The maximum atomic E-state index is 10.2. The molecule has 1 aromatic carbocycles. The smallest absolute Gasteiger partial charge is 0.179 e. The molecule has 0 saturated heterocycles. The summed E-state index contributed by atoms with van der Waals surface area (Å²) in [6.45, 7) is 0. The number of aliphatic hydroxyl groups is 1. The van der Waals surface area contributed by atoms with E-state index in [0.29, 0.717) is 27.6 Å². The van der Waals surface area contributed by atoms with E-state index in [-0.39, 0.29) is 0 Å². The molecule has 0 spiro atoms. The molecule has 1 heterocycles. The van der Waals surface area contributed by atoms with Crippen LogP contribution in [0.1, 0.15) is 17.2 Å². The van der Waals surface area contributed by atoms with Gasteiger partial charge in [-0.3, -0.25) is 0 Å². The number of aliphatic hydroxyl groups excluding tert-OH is 1. The Balaban J connectivity index is 2.46. The van der Waals surface area contributed by atoms with Crippen LogP contribution in [0.3, 0.4) is 0 Å². The molecule has 96 valence electrons. The lowest BCUT2D eigenvalue weighted by Crippen LogP contribution is -2.01. The standard InChI is InChI=1S/C13H13ClO4/c1-16-10-4-3-9(11(14)13(10)17-2)12(15)8-5-6-18-7-8/h3-7,12,15H,1-2H3. The molecule has 1 N–H and O–H groups in total. The fourth-order valence-corrected chi connectivity index (χ4v) is 2.06. The Hall–Kier alpha value is -1.65. The minimum Gasteiger partial charge on any atom is -0.493 e. The van der Waals surface area contributed by atoms with Crippen LogP contribution in [0.2, 0.25) is 5.02 Å². The van der Waals surface area contributed by atoms with Gasteiger partial charge < -0.3 is 19.0 Å². The van der Waals surface area contributed by atoms with Crippen LogP contribution in [0.4, 0.5) is 0 Å². The highest BCUT2D eigenvalue weighted by Gasteiger charge is 2.20. The second kappa shape index (κ2) is 5.33. The summed E-state index contributed by atoms with van der Waals surface area (Å²) in [6.07, 6.45) is 2.10. The molecule has 0 aliphatic rings. The number of halogens is 1. The fourth-order valence-electron chi connectivity index (χ4n) is 1.73. The highest BCUT2D eigenvalue weighted by atomic mass is 35.5. The van der Waals surface area contributed by atoms with Crippen LogP contribution >= 0.6 is 11.6 Å². The van der Waals surface area contributed by atoms with Crippen molar-refractivity contribution >= 4 is 11.6 Å². The van der Waals surface area contributed by atoms with Gasteiger partial charge in [-0.25, -0.2) is 0 Å². The maximum Gasteiger partial charge on any atom is 0.179 e. The second-order valence-corrected chi connectivity index (χ2v) is 4.04. The molecule has 1 atom stereocenters. The SMILES string of the molecule is COc1ccc(C(O)c2ccoc2)c(Cl)c1OC. The van der Waals surface area contributed by atoms with E-state index in [4.69, 9.17) is 25.5 Å². The van der Waals surface area contributed by atoms with E-state index in [1.54, 1.807) is 18.2 Å². The van der Waals surface area contributed by atoms with Gasteiger partial charge in [0.05, 0.1) is 31.8 Å². The van der Waals surface area contributed by atoms with Gasteiger partial charge in [0.15, 0.2) is 11.5 Å². The van der Waals surface area contributed by atoms with Crippen LogP contribution in [0, 0.1) is 0 Å². The zero-order chi connectivity index (χ0) is 13.1. The summed E-state index contributed by atoms with van der Waals surface area (Å²) in [4.78, 5) is 0. The third-order valence-electron chi connectivity index (χ3n) is 2.67. The van der Waals surface area contributed by atoms with Crippen LogP contribution < -0.4 is 9.47 Å². The predicted molar refractivity (Wildman–Crippen MR) is 67.3 cm³/mol. The van der Waals surface area contributed by atoms with E-state index in [1.807, 2.05) is 0 Å². The average Bonchev–Trinajstić information content (AvgIpc) is 2.91. The zero-order valence-electron chi connectivity index (χ0n) is 10.0. The van der Waals surface area contributed by atoms with Crippen molar-refractivity contribution in [3.05, 3.63) is 46.9 Å². The summed E-state index contributed by atoms with van der Waals surface area (Å²) in [6, 6.07) is 5.07. The van der Waals surface area contributed by atoms with E-state index in [9.17, 15) is 5.11 Å². The predicted octanol–water partition coefficient (Wildman–Crippen LogP) is 3.03. The van der Waals surface area contributed by atoms with Gasteiger partial charge in [0.1, 0.15) is 6.10 Å². The van der Waals surface area contributed by atoms with E-state index in [0.717, 1.165) is 0 Å². The number of methoxy groups -OCH3 is 2. The Kier molecular flexibility index (Phi) is 3.79. The van der Waals surface area contributed by atoms with Gasteiger partial charge in [-0.05, 0) is 12.1 Å². The number of rotatable bonds is 4. The minimum atomic E-state index is -0.865. The topological polar surface area (TPSA) is 51.8 Å². The molecule has 1 unspecified atom stereocenters.